The predicted octanol–water partition coefficient (Wildman–Crippen LogP) is 1.64. The van der Waals surface area contributed by atoms with E-state index in [1.807, 2.05) is 25.1 Å². The first kappa shape index (κ1) is 14.1. The van der Waals surface area contributed by atoms with Crippen LogP contribution in [0.1, 0.15) is 5.56 Å². The molecule has 0 saturated carbocycles. The zero-order valence-corrected chi connectivity index (χ0v) is 12.2. The predicted molar refractivity (Wildman–Crippen MR) is 84.9 cm³/mol. The Balaban J connectivity index is 1.66. The van der Waals surface area contributed by atoms with Crippen LogP contribution >= 0.6 is 0 Å². The molecule has 0 bridgehead atoms. The van der Waals surface area contributed by atoms with Crippen LogP contribution in [0.15, 0.2) is 48.7 Å². The van der Waals surface area contributed by atoms with Gasteiger partial charge >= 0.3 is 7.12 Å². The molecule has 0 spiro atoms. The highest BCUT2D eigenvalue weighted by Gasteiger charge is 2.27. The summed E-state index contributed by atoms with van der Waals surface area (Å²) < 4.78 is 11.8. The van der Waals surface area contributed by atoms with Crippen molar-refractivity contribution < 1.29 is 9.31 Å². The molecule has 1 saturated heterocycles. The summed E-state index contributed by atoms with van der Waals surface area (Å²) >= 11 is 0. The number of anilines is 1. The highest BCUT2D eigenvalue weighted by Crippen LogP contribution is 2.13. The normalized spacial score (nSPS) is 16.4. The SMILES string of the molecule is Cc1cccnc1B1OCCN(c2ccccc2)CCO1. The Morgan fingerprint density at radius 3 is 2.38 bits per heavy atom. The summed E-state index contributed by atoms with van der Waals surface area (Å²) in [6, 6.07) is 14.3. The van der Waals surface area contributed by atoms with Crippen LogP contribution in [0, 0.1) is 6.92 Å². The second kappa shape index (κ2) is 6.74. The van der Waals surface area contributed by atoms with Gasteiger partial charge < -0.3 is 14.2 Å². The molecule has 0 atom stereocenters. The molecular weight excluding hydrogens is 263 g/mol. The molecular formula is C16H19BN2O2. The van der Waals surface area contributed by atoms with Crippen molar-refractivity contribution in [2.75, 3.05) is 31.2 Å². The van der Waals surface area contributed by atoms with Crippen molar-refractivity contribution in [3.8, 4) is 0 Å². The highest BCUT2D eigenvalue weighted by molar-refractivity contribution is 6.60. The van der Waals surface area contributed by atoms with Gasteiger partial charge in [-0.2, -0.15) is 0 Å². The number of benzene rings is 1. The molecule has 1 aromatic heterocycles. The lowest BCUT2D eigenvalue weighted by atomic mass is 9.80. The van der Waals surface area contributed by atoms with E-state index in [2.05, 4.69) is 34.1 Å². The number of aromatic nitrogens is 1. The molecule has 108 valence electrons. The molecule has 5 heteroatoms. The fraction of sp³-hybridized carbons (Fsp3) is 0.312. The number of hydrogen-bond donors (Lipinski definition) is 0. The van der Waals surface area contributed by atoms with E-state index in [4.69, 9.17) is 9.31 Å². The van der Waals surface area contributed by atoms with Gasteiger partial charge in [-0.15, -0.1) is 0 Å². The molecule has 1 fully saturated rings. The van der Waals surface area contributed by atoms with E-state index in [9.17, 15) is 0 Å². The molecule has 3 rings (SSSR count). The Hall–Kier alpha value is -1.85. The molecule has 1 aromatic carbocycles. The lowest BCUT2D eigenvalue weighted by molar-refractivity contribution is 0.197. The summed E-state index contributed by atoms with van der Waals surface area (Å²) in [6.45, 7) is 4.99. The van der Waals surface area contributed by atoms with Crippen LogP contribution in [0.3, 0.4) is 0 Å². The van der Waals surface area contributed by atoms with E-state index < -0.39 is 0 Å². The van der Waals surface area contributed by atoms with Gasteiger partial charge in [0, 0.05) is 38.2 Å². The molecule has 0 aliphatic carbocycles. The minimum absolute atomic E-state index is 0.357. The van der Waals surface area contributed by atoms with Crippen molar-refractivity contribution in [2.24, 2.45) is 0 Å². The summed E-state index contributed by atoms with van der Waals surface area (Å²) in [5, 5.41) is 0. The lowest BCUT2D eigenvalue weighted by Crippen LogP contribution is -2.46. The van der Waals surface area contributed by atoms with E-state index in [0.717, 1.165) is 24.2 Å². The van der Waals surface area contributed by atoms with Gasteiger partial charge in [0.1, 0.15) is 0 Å². The summed E-state index contributed by atoms with van der Waals surface area (Å²) in [7, 11) is -0.357. The fourth-order valence-corrected chi connectivity index (χ4v) is 2.50. The summed E-state index contributed by atoms with van der Waals surface area (Å²) in [6.07, 6.45) is 1.78. The number of aryl methyl sites for hydroxylation is 1. The first-order valence-corrected chi connectivity index (χ1v) is 7.29. The van der Waals surface area contributed by atoms with Crippen LogP contribution in [-0.2, 0) is 9.31 Å². The summed E-state index contributed by atoms with van der Waals surface area (Å²) in [5.74, 6) is 0. The molecule has 4 nitrogen and oxygen atoms in total. The topological polar surface area (TPSA) is 34.6 Å². The highest BCUT2D eigenvalue weighted by atomic mass is 16.6. The molecule has 0 unspecified atom stereocenters. The van der Waals surface area contributed by atoms with Crippen LogP contribution < -0.4 is 10.5 Å². The van der Waals surface area contributed by atoms with Gasteiger partial charge in [0.05, 0.1) is 5.59 Å². The molecule has 0 radical (unpaired) electrons. The van der Waals surface area contributed by atoms with E-state index in [-0.39, 0.29) is 7.12 Å². The Kier molecular flexibility index (Phi) is 4.53. The molecule has 1 aliphatic rings. The van der Waals surface area contributed by atoms with Gasteiger partial charge in [0.25, 0.3) is 0 Å². The van der Waals surface area contributed by atoms with Crippen molar-refractivity contribution >= 4 is 18.4 Å². The third kappa shape index (κ3) is 3.43. The second-order valence-electron chi connectivity index (χ2n) is 5.10. The van der Waals surface area contributed by atoms with Gasteiger partial charge in [0.2, 0.25) is 0 Å². The average molecular weight is 282 g/mol. The van der Waals surface area contributed by atoms with Gasteiger partial charge in [-0.3, -0.25) is 4.98 Å². The third-order valence-corrected chi connectivity index (χ3v) is 3.66. The third-order valence-electron chi connectivity index (χ3n) is 3.66. The maximum absolute atomic E-state index is 5.88. The first-order chi connectivity index (χ1) is 10.3. The van der Waals surface area contributed by atoms with Crippen LogP contribution in [0.4, 0.5) is 5.69 Å². The number of pyridine rings is 1. The number of rotatable bonds is 2. The van der Waals surface area contributed by atoms with Crippen LogP contribution in [0.25, 0.3) is 0 Å². The van der Waals surface area contributed by atoms with Gasteiger partial charge in [-0.25, -0.2) is 0 Å². The first-order valence-electron chi connectivity index (χ1n) is 7.29. The summed E-state index contributed by atoms with van der Waals surface area (Å²) in [5.41, 5.74) is 3.19. The monoisotopic (exact) mass is 282 g/mol. The van der Waals surface area contributed by atoms with Crippen LogP contribution in [0.5, 0.6) is 0 Å². The maximum atomic E-state index is 5.88. The molecule has 21 heavy (non-hydrogen) atoms. The van der Waals surface area contributed by atoms with Crippen LogP contribution in [-0.4, -0.2) is 38.4 Å². The quantitative estimate of drug-likeness (QED) is 0.784. The van der Waals surface area contributed by atoms with Crippen molar-refractivity contribution in [2.45, 2.75) is 6.92 Å². The van der Waals surface area contributed by atoms with Crippen LogP contribution in [0.2, 0.25) is 0 Å². The van der Waals surface area contributed by atoms with Crippen molar-refractivity contribution in [1.29, 1.82) is 0 Å². The molecule has 0 amide bonds. The number of para-hydroxylation sites is 1. The largest absolute Gasteiger partial charge is 0.513 e. The van der Waals surface area contributed by atoms with E-state index in [1.54, 1.807) is 6.20 Å². The van der Waals surface area contributed by atoms with E-state index in [1.165, 1.54) is 5.69 Å². The number of nitrogens with zero attached hydrogens (tertiary/aromatic N) is 2. The van der Waals surface area contributed by atoms with Gasteiger partial charge in [-0.05, 0) is 30.7 Å². The number of hydrogen-bond acceptors (Lipinski definition) is 4. The molecule has 0 N–H and O–H groups in total. The molecule has 2 aromatic rings. The minimum atomic E-state index is -0.357. The Morgan fingerprint density at radius 2 is 1.71 bits per heavy atom. The zero-order valence-electron chi connectivity index (χ0n) is 12.2. The van der Waals surface area contributed by atoms with E-state index >= 15 is 0 Å². The van der Waals surface area contributed by atoms with Gasteiger partial charge in [0.15, 0.2) is 0 Å². The van der Waals surface area contributed by atoms with Crippen molar-refractivity contribution in [1.82, 2.24) is 4.98 Å². The maximum Gasteiger partial charge on any atom is 0.513 e. The minimum Gasteiger partial charge on any atom is -0.404 e. The summed E-state index contributed by atoms with van der Waals surface area (Å²) in [4.78, 5) is 6.67. The molecule has 1 aliphatic heterocycles. The Morgan fingerprint density at radius 1 is 1.00 bits per heavy atom. The zero-order chi connectivity index (χ0) is 14.5. The second-order valence-corrected chi connectivity index (χ2v) is 5.10. The van der Waals surface area contributed by atoms with Crippen molar-refractivity contribution in [3.63, 3.8) is 0 Å². The fourth-order valence-electron chi connectivity index (χ4n) is 2.50. The van der Waals surface area contributed by atoms with E-state index in [0.29, 0.717) is 13.2 Å². The Bertz CT molecular complexity index is 569. The Labute approximate surface area is 125 Å². The van der Waals surface area contributed by atoms with Crippen molar-refractivity contribution in [3.05, 3.63) is 54.2 Å². The smallest absolute Gasteiger partial charge is 0.404 e. The average Bonchev–Trinajstić information content (AvgIpc) is 2.49. The standard InChI is InChI=1S/C16H19BN2O2/c1-14-6-5-9-18-16(14)17-20-12-10-19(11-13-21-17)15-7-3-2-4-8-15/h2-9H,10-13H2,1H3. The van der Waals surface area contributed by atoms with Gasteiger partial charge in [-0.1, -0.05) is 24.3 Å². The molecule has 2 heterocycles. The lowest BCUT2D eigenvalue weighted by Gasteiger charge is -2.29.